The van der Waals surface area contributed by atoms with Crippen LogP contribution in [0.1, 0.15) is 94.2 Å². The maximum Gasteiger partial charge on any atom is 0.419 e. The Kier molecular flexibility index (Phi) is 10.4. The highest BCUT2D eigenvalue weighted by molar-refractivity contribution is 7.99. The molecule has 2 unspecified atom stereocenters. The molecule has 0 bridgehead atoms. The van der Waals surface area contributed by atoms with Gasteiger partial charge >= 0.3 is 6.18 Å². The van der Waals surface area contributed by atoms with Crippen LogP contribution in [-0.2, 0) is 22.1 Å². The summed E-state index contributed by atoms with van der Waals surface area (Å²) in [7, 11) is 0. The first-order chi connectivity index (χ1) is 15.8. The lowest BCUT2D eigenvalue weighted by Crippen LogP contribution is -2.31. The van der Waals surface area contributed by atoms with E-state index in [4.69, 9.17) is 9.47 Å². The molecule has 0 spiro atoms. The second kappa shape index (κ2) is 12.8. The van der Waals surface area contributed by atoms with Gasteiger partial charge in [-0.05, 0) is 87.5 Å². The molecule has 2 atom stereocenters. The molecular formula is C26H38F4O2S. The Labute approximate surface area is 200 Å². The van der Waals surface area contributed by atoms with Crippen LogP contribution in [0.25, 0.3) is 0 Å². The first-order valence-corrected chi connectivity index (χ1v) is 13.6. The molecule has 2 fully saturated rings. The average molecular weight is 491 g/mol. The number of hydrogen-bond donors (Lipinski definition) is 0. The van der Waals surface area contributed by atoms with Gasteiger partial charge in [0.2, 0.25) is 0 Å². The van der Waals surface area contributed by atoms with Crippen LogP contribution < -0.4 is 0 Å². The van der Waals surface area contributed by atoms with Crippen LogP contribution in [0.4, 0.5) is 17.6 Å². The Morgan fingerprint density at radius 2 is 1.82 bits per heavy atom. The molecule has 2 nitrogen and oxygen atoms in total. The molecule has 1 heterocycles. The van der Waals surface area contributed by atoms with Crippen LogP contribution in [0.2, 0.25) is 0 Å². The maximum atomic E-state index is 15.3. The molecule has 7 heteroatoms. The van der Waals surface area contributed by atoms with Gasteiger partial charge in [-0.15, -0.1) is 0 Å². The van der Waals surface area contributed by atoms with E-state index >= 15 is 4.39 Å². The molecule has 188 valence electrons. The molecule has 0 amide bonds. The predicted octanol–water partition coefficient (Wildman–Crippen LogP) is 7.92. The summed E-state index contributed by atoms with van der Waals surface area (Å²) in [6, 6.07) is 3.12. The smallest absolute Gasteiger partial charge is 0.376 e. The molecule has 1 saturated carbocycles. The molecule has 1 aliphatic carbocycles. The lowest BCUT2D eigenvalue weighted by atomic mass is 9.82. The number of benzene rings is 1. The van der Waals surface area contributed by atoms with Gasteiger partial charge in [-0.3, -0.25) is 0 Å². The van der Waals surface area contributed by atoms with Gasteiger partial charge in [0.25, 0.3) is 0 Å². The summed E-state index contributed by atoms with van der Waals surface area (Å²) >= 11 is 1.96. The quantitative estimate of drug-likeness (QED) is 0.245. The number of alkyl halides is 3. The van der Waals surface area contributed by atoms with E-state index in [1.807, 2.05) is 18.7 Å². The fraction of sp³-hybridized carbons (Fsp3) is 0.769. The van der Waals surface area contributed by atoms with Gasteiger partial charge in [0, 0.05) is 11.9 Å². The van der Waals surface area contributed by atoms with Gasteiger partial charge in [-0.1, -0.05) is 25.5 Å². The van der Waals surface area contributed by atoms with Gasteiger partial charge in [0.05, 0.1) is 24.4 Å². The SMILES string of the molecule is CCCCSC1CCC(c2ccc(CCC3CCC(OCC)CO3)c(C(F)(F)F)c2F)CC1. The molecule has 0 N–H and O–H groups in total. The van der Waals surface area contributed by atoms with Crippen LogP contribution in [0.15, 0.2) is 12.1 Å². The van der Waals surface area contributed by atoms with E-state index in [1.165, 1.54) is 18.9 Å². The van der Waals surface area contributed by atoms with E-state index in [0.29, 0.717) is 24.9 Å². The highest BCUT2D eigenvalue weighted by Crippen LogP contribution is 2.43. The molecule has 1 saturated heterocycles. The standard InChI is InChI=1S/C26H38F4O2S/c1-3-5-16-33-22-13-7-18(8-14-22)23-15-9-19(24(25(23)27)26(28,29)30)6-10-20-11-12-21(17-32-20)31-4-2/h9,15,18,20-22H,3-8,10-14,16-17H2,1-2H3. The minimum atomic E-state index is -4.70. The molecule has 0 aromatic heterocycles. The molecule has 1 aromatic carbocycles. The van der Waals surface area contributed by atoms with Gasteiger partial charge in [0.1, 0.15) is 5.82 Å². The monoisotopic (exact) mass is 490 g/mol. The van der Waals surface area contributed by atoms with Crippen molar-refractivity contribution in [2.75, 3.05) is 19.0 Å². The summed E-state index contributed by atoms with van der Waals surface area (Å²) in [5.41, 5.74) is -0.776. The van der Waals surface area contributed by atoms with E-state index < -0.39 is 17.6 Å². The zero-order valence-corrected chi connectivity index (χ0v) is 20.7. The Bertz CT molecular complexity index is 724. The molecule has 2 aliphatic rings. The summed E-state index contributed by atoms with van der Waals surface area (Å²) < 4.78 is 68.3. The molecule has 33 heavy (non-hydrogen) atoms. The van der Waals surface area contributed by atoms with Crippen molar-refractivity contribution in [1.29, 1.82) is 0 Å². The number of aryl methyl sites for hydroxylation is 1. The number of ether oxygens (including phenoxy) is 2. The third-order valence-electron chi connectivity index (χ3n) is 6.97. The summed E-state index contributed by atoms with van der Waals surface area (Å²) in [6.45, 7) is 5.19. The van der Waals surface area contributed by atoms with Crippen molar-refractivity contribution in [2.45, 2.75) is 108 Å². The normalized spacial score (nSPS) is 26.5. The van der Waals surface area contributed by atoms with E-state index in [0.717, 1.165) is 44.3 Å². The topological polar surface area (TPSA) is 18.5 Å². The molecule has 0 radical (unpaired) electrons. The van der Waals surface area contributed by atoms with Crippen LogP contribution >= 0.6 is 11.8 Å². The lowest BCUT2D eigenvalue weighted by Gasteiger charge is -2.30. The van der Waals surface area contributed by atoms with E-state index in [-0.39, 0.29) is 35.7 Å². The fourth-order valence-corrected chi connectivity index (χ4v) is 6.48. The van der Waals surface area contributed by atoms with Crippen molar-refractivity contribution < 1.29 is 27.0 Å². The van der Waals surface area contributed by atoms with E-state index in [9.17, 15) is 13.2 Å². The van der Waals surface area contributed by atoms with Crippen LogP contribution in [0.5, 0.6) is 0 Å². The maximum absolute atomic E-state index is 15.3. The zero-order chi connectivity index (χ0) is 23.8. The van der Waals surface area contributed by atoms with E-state index in [1.54, 1.807) is 6.07 Å². The van der Waals surface area contributed by atoms with Crippen LogP contribution in [0, 0.1) is 5.82 Å². The summed E-state index contributed by atoms with van der Waals surface area (Å²) in [6.07, 6.45) is 3.25. The minimum Gasteiger partial charge on any atom is -0.376 e. The van der Waals surface area contributed by atoms with Gasteiger partial charge in [-0.25, -0.2) is 4.39 Å². The summed E-state index contributed by atoms with van der Waals surface area (Å²) in [5, 5.41) is 0.551. The van der Waals surface area contributed by atoms with Crippen molar-refractivity contribution in [1.82, 2.24) is 0 Å². The van der Waals surface area contributed by atoms with Gasteiger partial charge in [-0.2, -0.15) is 24.9 Å². The van der Waals surface area contributed by atoms with Crippen molar-refractivity contribution in [3.8, 4) is 0 Å². The Morgan fingerprint density at radius 3 is 2.42 bits per heavy atom. The van der Waals surface area contributed by atoms with Crippen LogP contribution in [0.3, 0.4) is 0 Å². The van der Waals surface area contributed by atoms with Crippen LogP contribution in [-0.4, -0.2) is 36.4 Å². The van der Waals surface area contributed by atoms with Gasteiger partial charge in [0.15, 0.2) is 0 Å². The highest BCUT2D eigenvalue weighted by atomic mass is 32.2. The number of rotatable bonds is 10. The zero-order valence-electron chi connectivity index (χ0n) is 19.9. The Morgan fingerprint density at radius 1 is 1.06 bits per heavy atom. The minimum absolute atomic E-state index is 0.0445. The van der Waals surface area contributed by atoms with Crippen molar-refractivity contribution >= 4 is 11.8 Å². The lowest BCUT2D eigenvalue weighted by molar-refractivity contribution is -0.140. The Hall–Kier alpha value is -0.790. The third kappa shape index (κ3) is 7.60. The molecule has 1 aliphatic heterocycles. The average Bonchev–Trinajstić information content (AvgIpc) is 2.79. The fourth-order valence-electron chi connectivity index (χ4n) is 5.09. The van der Waals surface area contributed by atoms with Gasteiger partial charge < -0.3 is 9.47 Å². The van der Waals surface area contributed by atoms with E-state index in [2.05, 4.69) is 6.92 Å². The second-order valence-electron chi connectivity index (χ2n) is 9.35. The molecule has 1 aromatic rings. The van der Waals surface area contributed by atoms with Crippen molar-refractivity contribution in [3.63, 3.8) is 0 Å². The number of unbranched alkanes of at least 4 members (excludes halogenated alkanes) is 1. The van der Waals surface area contributed by atoms with Crippen molar-refractivity contribution in [2.24, 2.45) is 0 Å². The first-order valence-electron chi connectivity index (χ1n) is 12.6. The number of hydrogen-bond acceptors (Lipinski definition) is 3. The summed E-state index contributed by atoms with van der Waals surface area (Å²) in [4.78, 5) is 0. The molecule has 3 rings (SSSR count). The predicted molar refractivity (Wildman–Crippen MR) is 126 cm³/mol. The van der Waals surface area contributed by atoms with Crippen molar-refractivity contribution in [3.05, 3.63) is 34.6 Å². The Balaban J connectivity index is 1.63. The third-order valence-corrected chi connectivity index (χ3v) is 8.44. The number of thioether (sulfide) groups is 1. The largest absolute Gasteiger partial charge is 0.419 e. The first kappa shape index (κ1) is 26.8. The molecular weight excluding hydrogens is 452 g/mol. The number of halogens is 4. The highest BCUT2D eigenvalue weighted by Gasteiger charge is 2.39. The summed E-state index contributed by atoms with van der Waals surface area (Å²) in [5.74, 6) is -0.0483. The second-order valence-corrected chi connectivity index (χ2v) is 10.8.